The van der Waals surface area contributed by atoms with Gasteiger partial charge in [0.25, 0.3) is 0 Å². The molecule has 0 heterocycles. The topological polar surface area (TPSA) is 70.6 Å². The number of urea groups is 1. The van der Waals surface area contributed by atoms with Gasteiger partial charge >= 0.3 is 6.03 Å². The molecule has 0 aliphatic heterocycles. The highest BCUT2D eigenvalue weighted by Crippen LogP contribution is 2.44. The van der Waals surface area contributed by atoms with Crippen LogP contribution in [0.5, 0.6) is 5.75 Å². The molecule has 5 heteroatoms. The summed E-state index contributed by atoms with van der Waals surface area (Å²) in [5.41, 5.74) is 1.75. The number of nitrogens with one attached hydrogen (secondary N) is 2. The Hall–Kier alpha value is -2.53. The summed E-state index contributed by atoms with van der Waals surface area (Å²) in [6.45, 7) is 0.602. The van der Waals surface area contributed by atoms with Crippen molar-refractivity contribution >= 4 is 6.03 Å². The predicted molar refractivity (Wildman–Crippen MR) is 96.6 cm³/mol. The molecule has 2 aromatic rings. The van der Waals surface area contributed by atoms with Gasteiger partial charge in [-0.1, -0.05) is 48.5 Å². The number of aliphatic hydroxyl groups excluding tert-OH is 1. The molecule has 25 heavy (non-hydrogen) atoms. The van der Waals surface area contributed by atoms with Crippen molar-refractivity contribution in [3.8, 4) is 5.75 Å². The molecule has 1 atom stereocenters. The lowest BCUT2D eigenvalue weighted by atomic mass is 9.98. The number of hydrogen-bond acceptors (Lipinski definition) is 3. The zero-order chi connectivity index (χ0) is 17.7. The van der Waals surface area contributed by atoms with Crippen LogP contribution in [-0.2, 0) is 0 Å². The van der Waals surface area contributed by atoms with Crippen LogP contribution in [0.1, 0.15) is 30.0 Å². The van der Waals surface area contributed by atoms with Crippen LogP contribution in [0.4, 0.5) is 4.79 Å². The van der Waals surface area contributed by atoms with Gasteiger partial charge in [-0.15, -0.1) is 0 Å². The maximum Gasteiger partial charge on any atom is 0.315 e. The quantitative estimate of drug-likeness (QED) is 0.726. The van der Waals surface area contributed by atoms with E-state index in [1.54, 1.807) is 7.11 Å². The smallest absolute Gasteiger partial charge is 0.315 e. The molecular weight excluding hydrogens is 316 g/mol. The Morgan fingerprint density at radius 3 is 2.48 bits per heavy atom. The SMILES string of the molecule is COc1ccccc1C(NC(=O)NCC1(CO)CC1)c1ccccc1. The summed E-state index contributed by atoms with van der Waals surface area (Å²) in [6.07, 6.45) is 1.91. The zero-order valence-electron chi connectivity index (χ0n) is 14.4. The van der Waals surface area contributed by atoms with Crippen molar-refractivity contribution in [2.45, 2.75) is 18.9 Å². The minimum Gasteiger partial charge on any atom is -0.496 e. The van der Waals surface area contributed by atoms with Gasteiger partial charge in [-0.25, -0.2) is 4.79 Å². The molecule has 2 aromatic carbocycles. The second kappa shape index (κ2) is 7.57. The average Bonchev–Trinajstić information content (AvgIpc) is 3.46. The number of aliphatic hydroxyl groups is 1. The van der Waals surface area contributed by atoms with E-state index in [2.05, 4.69) is 10.6 Å². The lowest BCUT2D eigenvalue weighted by Crippen LogP contribution is -2.41. The molecule has 2 amide bonds. The molecule has 0 bridgehead atoms. The fourth-order valence-corrected chi connectivity index (χ4v) is 2.91. The minimum atomic E-state index is -0.318. The number of benzene rings is 2. The Labute approximate surface area is 148 Å². The van der Waals surface area contributed by atoms with Crippen molar-refractivity contribution in [2.75, 3.05) is 20.3 Å². The van der Waals surface area contributed by atoms with Crippen molar-refractivity contribution in [2.24, 2.45) is 5.41 Å². The molecular formula is C20H24N2O3. The number of amides is 2. The highest BCUT2D eigenvalue weighted by Gasteiger charge is 2.42. The summed E-state index contributed by atoms with van der Waals surface area (Å²) in [5, 5.41) is 15.3. The van der Waals surface area contributed by atoms with Gasteiger partial charge in [0, 0.05) is 17.5 Å². The van der Waals surface area contributed by atoms with Gasteiger partial charge in [-0.2, -0.15) is 0 Å². The van der Waals surface area contributed by atoms with Gasteiger partial charge < -0.3 is 20.5 Å². The number of methoxy groups -OCH3 is 1. The van der Waals surface area contributed by atoms with Crippen LogP contribution in [0.25, 0.3) is 0 Å². The maximum absolute atomic E-state index is 12.4. The van der Waals surface area contributed by atoms with Crippen LogP contribution >= 0.6 is 0 Å². The number of ether oxygens (including phenoxy) is 1. The fraction of sp³-hybridized carbons (Fsp3) is 0.350. The number of rotatable bonds is 7. The van der Waals surface area contributed by atoms with E-state index in [-0.39, 0.29) is 24.1 Å². The van der Waals surface area contributed by atoms with Crippen molar-refractivity contribution in [3.63, 3.8) is 0 Å². The van der Waals surface area contributed by atoms with Crippen LogP contribution in [-0.4, -0.2) is 31.4 Å². The lowest BCUT2D eigenvalue weighted by molar-refractivity contribution is 0.202. The molecule has 1 saturated carbocycles. The summed E-state index contributed by atoms with van der Waals surface area (Å²) >= 11 is 0. The molecule has 5 nitrogen and oxygen atoms in total. The number of carbonyl (C=O) groups excluding carboxylic acids is 1. The molecule has 1 aliphatic carbocycles. The monoisotopic (exact) mass is 340 g/mol. The Kier molecular flexibility index (Phi) is 5.24. The third-order valence-electron chi connectivity index (χ3n) is 4.77. The third kappa shape index (κ3) is 4.12. The minimum absolute atomic E-state index is 0.113. The molecule has 1 aliphatic rings. The summed E-state index contributed by atoms with van der Waals surface area (Å²) in [5.74, 6) is 0.727. The van der Waals surface area contributed by atoms with Gasteiger partial charge in [-0.05, 0) is 24.5 Å². The largest absolute Gasteiger partial charge is 0.496 e. The van der Waals surface area contributed by atoms with Crippen molar-refractivity contribution in [3.05, 3.63) is 65.7 Å². The second-order valence-electron chi connectivity index (χ2n) is 6.57. The number of carbonyl (C=O) groups is 1. The Morgan fingerprint density at radius 1 is 1.16 bits per heavy atom. The highest BCUT2D eigenvalue weighted by atomic mass is 16.5. The second-order valence-corrected chi connectivity index (χ2v) is 6.57. The maximum atomic E-state index is 12.4. The van der Waals surface area contributed by atoms with Crippen LogP contribution in [0.2, 0.25) is 0 Å². The Morgan fingerprint density at radius 2 is 1.84 bits per heavy atom. The van der Waals surface area contributed by atoms with Crippen molar-refractivity contribution in [1.82, 2.24) is 10.6 Å². The fourth-order valence-electron chi connectivity index (χ4n) is 2.91. The molecule has 0 spiro atoms. The summed E-state index contributed by atoms with van der Waals surface area (Å²) in [6, 6.07) is 16.9. The number of para-hydroxylation sites is 1. The van der Waals surface area contributed by atoms with E-state index in [0.717, 1.165) is 29.7 Å². The van der Waals surface area contributed by atoms with E-state index in [1.807, 2.05) is 54.6 Å². The molecule has 1 fully saturated rings. The molecule has 0 aromatic heterocycles. The van der Waals surface area contributed by atoms with E-state index in [0.29, 0.717) is 6.54 Å². The first-order chi connectivity index (χ1) is 12.2. The van der Waals surface area contributed by atoms with Crippen LogP contribution in [0.3, 0.4) is 0 Å². The first-order valence-electron chi connectivity index (χ1n) is 8.50. The molecule has 1 unspecified atom stereocenters. The van der Waals surface area contributed by atoms with Gasteiger partial charge in [0.05, 0.1) is 19.8 Å². The zero-order valence-corrected chi connectivity index (χ0v) is 14.4. The van der Waals surface area contributed by atoms with Gasteiger partial charge in [0.15, 0.2) is 0 Å². The van der Waals surface area contributed by atoms with E-state index >= 15 is 0 Å². The molecule has 3 N–H and O–H groups in total. The van der Waals surface area contributed by atoms with Crippen molar-refractivity contribution < 1.29 is 14.6 Å². The molecule has 132 valence electrons. The Bertz CT molecular complexity index is 714. The number of hydrogen-bond donors (Lipinski definition) is 3. The van der Waals surface area contributed by atoms with Gasteiger partial charge in [0.2, 0.25) is 0 Å². The predicted octanol–water partition coefficient (Wildman–Crippen LogP) is 2.86. The first kappa shape index (κ1) is 17.3. The van der Waals surface area contributed by atoms with E-state index in [1.165, 1.54) is 0 Å². The van der Waals surface area contributed by atoms with E-state index in [4.69, 9.17) is 4.74 Å². The molecule has 0 saturated heterocycles. The van der Waals surface area contributed by atoms with E-state index in [9.17, 15) is 9.90 Å². The lowest BCUT2D eigenvalue weighted by Gasteiger charge is -2.23. The first-order valence-corrected chi connectivity index (χ1v) is 8.50. The van der Waals surface area contributed by atoms with Gasteiger partial charge in [0.1, 0.15) is 5.75 Å². The Balaban J connectivity index is 1.78. The molecule has 0 radical (unpaired) electrons. The van der Waals surface area contributed by atoms with E-state index < -0.39 is 0 Å². The highest BCUT2D eigenvalue weighted by molar-refractivity contribution is 5.75. The van der Waals surface area contributed by atoms with Crippen LogP contribution < -0.4 is 15.4 Å². The van der Waals surface area contributed by atoms with Crippen LogP contribution in [0, 0.1) is 5.41 Å². The molecule has 3 rings (SSSR count). The van der Waals surface area contributed by atoms with Crippen LogP contribution in [0.15, 0.2) is 54.6 Å². The summed E-state index contributed by atoms with van der Waals surface area (Å²) < 4.78 is 5.47. The summed E-state index contributed by atoms with van der Waals surface area (Å²) in [4.78, 5) is 12.4. The normalized spacial score (nSPS) is 15.9. The standard InChI is InChI=1S/C20H24N2O3/c1-25-17-10-6-5-9-16(17)18(15-7-3-2-4-8-15)22-19(24)21-13-20(14-23)11-12-20/h2-10,18,23H,11-14H2,1H3,(H2,21,22,24). The average molecular weight is 340 g/mol. The van der Waals surface area contributed by atoms with Gasteiger partial charge in [-0.3, -0.25) is 0 Å². The third-order valence-corrected chi connectivity index (χ3v) is 4.77. The van der Waals surface area contributed by atoms with Crippen molar-refractivity contribution in [1.29, 1.82) is 0 Å². The summed E-state index contributed by atoms with van der Waals surface area (Å²) in [7, 11) is 1.62.